The summed E-state index contributed by atoms with van der Waals surface area (Å²) in [5.41, 5.74) is 0.820. The summed E-state index contributed by atoms with van der Waals surface area (Å²) in [6.45, 7) is 6.06. The van der Waals surface area contributed by atoms with Gasteiger partial charge in [-0.05, 0) is 63.2 Å². The first-order chi connectivity index (χ1) is 14.6. The Morgan fingerprint density at radius 2 is 2.00 bits per heavy atom. The molecule has 0 saturated carbocycles. The lowest BCUT2D eigenvalue weighted by atomic mass is 9.99. The molecule has 8 nitrogen and oxygen atoms in total. The zero-order valence-corrected chi connectivity index (χ0v) is 20.0. The fourth-order valence-corrected chi connectivity index (χ4v) is 4.41. The normalized spacial score (nSPS) is 18.9. The molecule has 4 heterocycles. The van der Waals surface area contributed by atoms with Gasteiger partial charge in [-0.1, -0.05) is 0 Å². The third-order valence-corrected chi connectivity index (χ3v) is 6.16. The highest BCUT2D eigenvalue weighted by Gasteiger charge is 2.24. The van der Waals surface area contributed by atoms with Crippen molar-refractivity contribution < 1.29 is 4.79 Å². The zero-order chi connectivity index (χ0) is 20.9. The average molecular weight is 483 g/mol. The van der Waals surface area contributed by atoms with Crippen LogP contribution in [0.2, 0.25) is 0 Å². The molecule has 2 N–H and O–H groups in total. The number of halogens is 2. The molecule has 0 radical (unpaired) electrons. The van der Waals surface area contributed by atoms with E-state index < -0.39 is 0 Å². The first-order valence-electron chi connectivity index (χ1n) is 10.8. The molecule has 0 aromatic carbocycles. The molecule has 4 rings (SSSR count). The van der Waals surface area contributed by atoms with E-state index in [1.807, 2.05) is 19.2 Å². The lowest BCUT2D eigenvalue weighted by Gasteiger charge is -2.33. The molecule has 2 aromatic heterocycles. The van der Waals surface area contributed by atoms with Gasteiger partial charge in [-0.15, -0.1) is 24.8 Å². The van der Waals surface area contributed by atoms with Crippen molar-refractivity contribution in [2.24, 2.45) is 5.92 Å². The molecule has 1 unspecified atom stereocenters. The summed E-state index contributed by atoms with van der Waals surface area (Å²) in [7, 11) is 0. The number of nitrogens with zero attached hydrogens (tertiary/aromatic N) is 4. The van der Waals surface area contributed by atoms with Gasteiger partial charge in [0.2, 0.25) is 0 Å². The van der Waals surface area contributed by atoms with Gasteiger partial charge in [0.1, 0.15) is 11.4 Å². The van der Waals surface area contributed by atoms with E-state index in [2.05, 4.69) is 25.5 Å². The van der Waals surface area contributed by atoms with Gasteiger partial charge < -0.3 is 20.1 Å². The van der Waals surface area contributed by atoms with Gasteiger partial charge in [-0.2, -0.15) is 0 Å². The molecule has 32 heavy (non-hydrogen) atoms. The van der Waals surface area contributed by atoms with Crippen LogP contribution in [0.15, 0.2) is 35.6 Å². The Bertz CT molecular complexity index is 926. The maximum Gasteiger partial charge on any atom is 0.263 e. The summed E-state index contributed by atoms with van der Waals surface area (Å²) in [6.07, 6.45) is 10.8. The molecule has 0 bridgehead atoms. The van der Waals surface area contributed by atoms with Crippen LogP contribution in [-0.4, -0.2) is 52.7 Å². The molecule has 1 amide bonds. The number of aromatic nitrogens is 3. The number of nitrogens with one attached hydrogen (secondary N) is 2. The lowest BCUT2D eigenvalue weighted by molar-refractivity contribution is 0.0928. The van der Waals surface area contributed by atoms with Crippen LogP contribution in [0, 0.1) is 12.8 Å². The number of hydrogen-bond acceptors (Lipinski definition) is 6. The maximum atomic E-state index is 13.0. The molecule has 2 aliphatic rings. The van der Waals surface area contributed by atoms with Crippen molar-refractivity contribution in [3.05, 3.63) is 52.3 Å². The van der Waals surface area contributed by atoms with E-state index in [0.717, 1.165) is 63.2 Å². The first kappa shape index (κ1) is 26.1. The van der Waals surface area contributed by atoms with Crippen LogP contribution in [0.5, 0.6) is 0 Å². The minimum Gasteiger partial charge on any atom is -0.355 e. The third-order valence-electron chi connectivity index (χ3n) is 6.16. The van der Waals surface area contributed by atoms with E-state index in [-0.39, 0.29) is 47.9 Å². The predicted octanol–water partition coefficient (Wildman–Crippen LogP) is 2.19. The van der Waals surface area contributed by atoms with Gasteiger partial charge in [0.15, 0.2) is 0 Å². The van der Waals surface area contributed by atoms with Crippen molar-refractivity contribution in [2.75, 3.05) is 31.1 Å². The van der Waals surface area contributed by atoms with Gasteiger partial charge in [-0.3, -0.25) is 14.6 Å². The van der Waals surface area contributed by atoms with Gasteiger partial charge in [0.25, 0.3) is 11.5 Å². The quantitative estimate of drug-likeness (QED) is 0.678. The van der Waals surface area contributed by atoms with Crippen molar-refractivity contribution >= 4 is 36.5 Å². The minimum absolute atomic E-state index is 0. The number of carbonyl (C=O) groups is 1. The van der Waals surface area contributed by atoms with Crippen molar-refractivity contribution in [1.29, 1.82) is 0 Å². The molecule has 2 saturated heterocycles. The fraction of sp³-hybridized carbons (Fsp3) is 0.545. The molecule has 176 valence electrons. The Kier molecular flexibility index (Phi) is 9.93. The van der Waals surface area contributed by atoms with Crippen molar-refractivity contribution in [3.8, 4) is 0 Å². The highest BCUT2D eigenvalue weighted by molar-refractivity contribution is 5.95. The molecule has 0 aliphatic carbocycles. The standard InChI is InChI=1S/C22H30N6O2.2ClH/c1-16-4-10-28(15-17-3-2-7-23-13-17)22(30)20(16)21(29)26-18-5-11-27(12-6-18)19-14-24-8-9-25-19;;/h4,8-10,14,17-18,23H,2-3,5-7,11-13,15H2,1H3,(H,26,29);2*1H. The fourth-order valence-electron chi connectivity index (χ4n) is 4.41. The molecule has 0 spiro atoms. The molecular weight excluding hydrogens is 451 g/mol. The van der Waals surface area contributed by atoms with Gasteiger partial charge in [-0.25, -0.2) is 4.98 Å². The van der Waals surface area contributed by atoms with Gasteiger partial charge >= 0.3 is 0 Å². The number of carbonyl (C=O) groups excluding carboxylic acids is 1. The van der Waals surface area contributed by atoms with Crippen LogP contribution >= 0.6 is 24.8 Å². The summed E-state index contributed by atoms with van der Waals surface area (Å²) in [6, 6.07) is 1.93. The van der Waals surface area contributed by atoms with Gasteiger partial charge in [0, 0.05) is 44.3 Å². The third kappa shape index (κ3) is 6.21. The highest BCUT2D eigenvalue weighted by Crippen LogP contribution is 2.17. The monoisotopic (exact) mass is 482 g/mol. The summed E-state index contributed by atoms with van der Waals surface area (Å²) in [5.74, 6) is 1.04. The Hall–Kier alpha value is -2.16. The van der Waals surface area contributed by atoms with Crippen LogP contribution < -0.4 is 21.1 Å². The average Bonchev–Trinajstić information content (AvgIpc) is 2.78. The number of anilines is 1. The minimum atomic E-state index is -0.258. The second-order valence-electron chi connectivity index (χ2n) is 8.34. The van der Waals surface area contributed by atoms with E-state index in [4.69, 9.17) is 0 Å². The molecule has 2 aliphatic heterocycles. The van der Waals surface area contributed by atoms with E-state index >= 15 is 0 Å². The van der Waals surface area contributed by atoms with Crippen molar-refractivity contribution in [3.63, 3.8) is 0 Å². The zero-order valence-electron chi connectivity index (χ0n) is 18.3. The highest BCUT2D eigenvalue weighted by atomic mass is 35.5. The second-order valence-corrected chi connectivity index (χ2v) is 8.34. The Balaban J connectivity index is 0.00000181. The molecule has 1 atom stereocenters. The Morgan fingerprint density at radius 1 is 1.22 bits per heavy atom. The number of piperidine rings is 2. The lowest BCUT2D eigenvalue weighted by Crippen LogP contribution is -2.46. The van der Waals surface area contributed by atoms with Crippen LogP contribution in [0.3, 0.4) is 0 Å². The van der Waals surface area contributed by atoms with E-state index in [0.29, 0.717) is 12.5 Å². The molecular formula is C22H32Cl2N6O2. The Labute approximate surface area is 201 Å². The van der Waals surface area contributed by atoms with Crippen LogP contribution in [0.25, 0.3) is 0 Å². The second kappa shape index (κ2) is 12.2. The number of aryl methyl sites for hydroxylation is 1. The summed E-state index contributed by atoms with van der Waals surface area (Å²) in [5, 5.41) is 6.48. The van der Waals surface area contributed by atoms with E-state index in [9.17, 15) is 9.59 Å². The number of rotatable bonds is 5. The van der Waals surface area contributed by atoms with E-state index in [1.165, 1.54) is 0 Å². The van der Waals surface area contributed by atoms with Crippen molar-refractivity contribution in [2.45, 2.75) is 45.2 Å². The smallest absolute Gasteiger partial charge is 0.263 e. The van der Waals surface area contributed by atoms with Crippen molar-refractivity contribution in [1.82, 2.24) is 25.2 Å². The van der Waals surface area contributed by atoms with Crippen LogP contribution in [0.4, 0.5) is 5.82 Å². The summed E-state index contributed by atoms with van der Waals surface area (Å²) < 4.78 is 1.70. The van der Waals surface area contributed by atoms with Crippen LogP contribution in [-0.2, 0) is 6.54 Å². The number of amides is 1. The molecule has 2 fully saturated rings. The van der Waals surface area contributed by atoms with E-state index in [1.54, 1.807) is 23.2 Å². The van der Waals surface area contributed by atoms with Crippen LogP contribution in [0.1, 0.15) is 41.6 Å². The maximum absolute atomic E-state index is 13.0. The summed E-state index contributed by atoms with van der Waals surface area (Å²) >= 11 is 0. The molecule has 10 heteroatoms. The summed E-state index contributed by atoms with van der Waals surface area (Å²) in [4.78, 5) is 36.7. The Morgan fingerprint density at radius 3 is 2.66 bits per heavy atom. The molecule has 2 aromatic rings. The largest absolute Gasteiger partial charge is 0.355 e. The predicted molar refractivity (Wildman–Crippen MR) is 130 cm³/mol. The topological polar surface area (TPSA) is 92.2 Å². The van der Waals surface area contributed by atoms with Gasteiger partial charge in [0.05, 0.1) is 6.20 Å². The SMILES string of the molecule is Cc1ccn(CC2CCCNC2)c(=O)c1C(=O)NC1CCN(c2cnccn2)CC1.Cl.Cl. The number of hydrogen-bond donors (Lipinski definition) is 2. The first-order valence-corrected chi connectivity index (χ1v) is 10.8. The number of pyridine rings is 1.